The molecule has 0 aliphatic carbocycles. The Morgan fingerprint density at radius 2 is 2.23 bits per heavy atom. The first kappa shape index (κ1) is 15.2. The monoisotopic (exact) mass is 354 g/mol. The van der Waals surface area contributed by atoms with E-state index in [4.69, 9.17) is 0 Å². The van der Waals surface area contributed by atoms with Crippen LogP contribution in [0.2, 0.25) is 0 Å². The van der Waals surface area contributed by atoms with E-state index in [9.17, 15) is 0 Å². The van der Waals surface area contributed by atoms with Crippen LogP contribution in [0.15, 0.2) is 42.6 Å². The maximum absolute atomic E-state index is 4.63. The lowest BCUT2D eigenvalue weighted by molar-refractivity contribution is 0.478. The van der Waals surface area contributed by atoms with Gasteiger partial charge in [0, 0.05) is 27.9 Å². The summed E-state index contributed by atoms with van der Waals surface area (Å²) in [5.74, 6) is 1.53. The Morgan fingerprint density at radius 3 is 3.15 bits per heavy atom. The van der Waals surface area contributed by atoms with Gasteiger partial charge in [-0.15, -0.1) is 5.10 Å². The van der Waals surface area contributed by atoms with Gasteiger partial charge in [-0.05, 0) is 49.7 Å². The standard InChI is InChI=1S/C18H20N8.3H2/c1-4-16(21-14-3-2-8-19-11-14)26-17(5-1)23-18(25-26)22-13-7-6-12-10-20-24-15(12)9-13;;;/h1,4-7,9-10,14,19,21H,2-3,8,11H2,(H,20,24)(H,22,25);3*1H/t14-;;;/m1.../s1. The van der Waals surface area contributed by atoms with Gasteiger partial charge < -0.3 is 16.0 Å². The molecule has 1 aromatic carbocycles. The summed E-state index contributed by atoms with van der Waals surface area (Å²) in [7, 11) is 0. The summed E-state index contributed by atoms with van der Waals surface area (Å²) >= 11 is 0. The van der Waals surface area contributed by atoms with Crippen molar-refractivity contribution in [2.75, 3.05) is 23.7 Å². The summed E-state index contributed by atoms with van der Waals surface area (Å²) < 4.78 is 1.85. The normalized spacial score (nSPS) is 17.6. The molecule has 0 unspecified atom stereocenters. The molecule has 1 saturated heterocycles. The fourth-order valence-corrected chi connectivity index (χ4v) is 3.40. The third-order valence-electron chi connectivity index (χ3n) is 4.71. The van der Waals surface area contributed by atoms with Crippen molar-refractivity contribution in [2.45, 2.75) is 18.9 Å². The molecule has 8 heteroatoms. The highest BCUT2D eigenvalue weighted by Gasteiger charge is 2.15. The van der Waals surface area contributed by atoms with Crippen molar-refractivity contribution in [1.29, 1.82) is 0 Å². The molecule has 8 nitrogen and oxygen atoms in total. The SMILES string of the molecule is [HH].[HH].[HH].c1cc(N[C@@H]2CCCNC2)n2nc(Nc3ccc4cn[nH]c4c3)nc2c1. The second-order valence-corrected chi connectivity index (χ2v) is 6.60. The third-order valence-corrected chi connectivity index (χ3v) is 4.71. The number of pyridine rings is 1. The van der Waals surface area contributed by atoms with Gasteiger partial charge in [0.25, 0.3) is 0 Å². The van der Waals surface area contributed by atoms with Crippen LogP contribution in [0.25, 0.3) is 16.6 Å². The summed E-state index contributed by atoms with van der Waals surface area (Å²) in [6, 6.07) is 12.4. The van der Waals surface area contributed by atoms with Crippen LogP contribution >= 0.6 is 0 Å². The van der Waals surface area contributed by atoms with E-state index in [1.54, 1.807) is 6.20 Å². The molecule has 1 fully saturated rings. The van der Waals surface area contributed by atoms with Crippen LogP contribution in [0.1, 0.15) is 17.1 Å². The van der Waals surface area contributed by atoms with Crippen molar-refractivity contribution in [2.24, 2.45) is 0 Å². The highest BCUT2D eigenvalue weighted by molar-refractivity contribution is 5.82. The van der Waals surface area contributed by atoms with Crippen molar-refractivity contribution >= 4 is 34.0 Å². The molecule has 26 heavy (non-hydrogen) atoms. The van der Waals surface area contributed by atoms with Crippen molar-refractivity contribution < 1.29 is 4.28 Å². The minimum atomic E-state index is 0. The number of rotatable bonds is 4. The van der Waals surface area contributed by atoms with Crippen LogP contribution in [0.3, 0.4) is 0 Å². The van der Waals surface area contributed by atoms with Crippen LogP contribution in [0.4, 0.5) is 17.5 Å². The Morgan fingerprint density at radius 1 is 1.23 bits per heavy atom. The molecule has 0 spiro atoms. The van der Waals surface area contributed by atoms with Gasteiger partial charge in [0.1, 0.15) is 5.82 Å². The number of hydrogen-bond donors (Lipinski definition) is 4. The number of anilines is 3. The smallest absolute Gasteiger partial charge is 0.247 e. The largest absolute Gasteiger partial charge is 0.366 e. The molecule has 5 rings (SSSR count). The molecular formula is C18H26N8. The highest BCUT2D eigenvalue weighted by atomic mass is 15.4. The fraction of sp³-hybridized carbons (Fsp3) is 0.278. The lowest BCUT2D eigenvalue weighted by Crippen LogP contribution is -2.38. The first-order chi connectivity index (χ1) is 12.8. The summed E-state index contributed by atoms with van der Waals surface area (Å²) in [4.78, 5) is 4.59. The lowest BCUT2D eigenvalue weighted by Gasteiger charge is -2.24. The summed E-state index contributed by atoms with van der Waals surface area (Å²) in [6.45, 7) is 2.07. The lowest BCUT2D eigenvalue weighted by atomic mass is 10.1. The maximum Gasteiger partial charge on any atom is 0.247 e. The van der Waals surface area contributed by atoms with Crippen molar-refractivity contribution in [3.8, 4) is 0 Å². The van der Waals surface area contributed by atoms with Gasteiger partial charge in [-0.1, -0.05) is 6.07 Å². The van der Waals surface area contributed by atoms with Crippen molar-refractivity contribution in [3.63, 3.8) is 0 Å². The molecule has 4 aromatic rings. The molecular weight excluding hydrogens is 328 g/mol. The minimum absolute atomic E-state index is 0. The number of nitrogens with one attached hydrogen (secondary N) is 4. The third kappa shape index (κ3) is 2.84. The Hall–Kier alpha value is -3.13. The molecule has 1 aliphatic rings. The minimum Gasteiger partial charge on any atom is -0.366 e. The highest BCUT2D eigenvalue weighted by Crippen LogP contribution is 2.21. The van der Waals surface area contributed by atoms with Gasteiger partial charge in [-0.2, -0.15) is 14.6 Å². The van der Waals surface area contributed by atoms with Crippen molar-refractivity contribution in [3.05, 3.63) is 42.6 Å². The average Bonchev–Trinajstić information content (AvgIpc) is 3.29. The van der Waals surface area contributed by atoms with E-state index in [0.29, 0.717) is 12.0 Å². The zero-order valence-electron chi connectivity index (χ0n) is 14.2. The number of nitrogens with zero attached hydrogens (tertiary/aromatic N) is 4. The average molecular weight is 354 g/mol. The number of benzene rings is 1. The molecule has 0 amide bonds. The second kappa shape index (κ2) is 6.30. The number of hydrogen-bond acceptors (Lipinski definition) is 6. The number of aromatic nitrogens is 5. The van der Waals surface area contributed by atoms with Crippen LogP contribution in [-0.2, 0) is 0 Å². The Labute approximate surface area is 154 Å². The van der Waals surface area contributed by atoms with E-state index in [-0.39, 0.29) is 4.28 Å². The van der Waals surface area contributed by atoms with Crippen molar-refractivity contribution in [1.82, 2.24) is 30.1 Å². The first-order valence-corrected chi connectivity index (χ1v) is 8.88. The number of aromatic amines is 1. The summed E-state index contributed by atoms with van der Waals surface area (Å²) in [5, 5.41) is 23.0. The number of fused-ring (bicyclic) bond motifs is 2. The van der Waals surface area contributed by atoms with E-state index in [1.165, 1.54) is 6.42 Å². The van der Waals surface area contributed by atoms with E-state index >= 15 is 0 Å². The van der Waals surface area contributed by atoms with E-state index in [1.807, 2.05) is 40.9 Å². The Kier molecular flexibility index (Phi) is 3.67. The van der Waals surface area contributed by atoms with E-state index < -0.39 is 0 Å². The topological polar surface area (TPSA) is 95.0 Å². The Balaban J connectivity index is 0.000001000. The molecule has 1 atom stereocenters. The zero-order valence-corrected chi connectivity index (χ0v) is 14.2. The predicted octanol–water partition coefficient (Wildman–Crippen LogP) is 3.25. The van der Waals surface area contributed by atoms with Crippen LogP contribution < -0.4 is 16.0 Å². The van der Waals surface area contributed by atoms with Crippen LogP contribution in [0, 0.1) is 0 Å². The van der Waals surface area contributed by atoms with Crippen LogP contribution in [-0.4, -0.2) is 43.9 Å². The second-order valence-electron chi connectivity index (χ2n) is 6.60. The molecule has 4 N–H and O–H groups in total. The van der Waals surface area contributed by atoms with Crippen LogP contribution in [0.5, 0.6) is 0 Å². The molecule has 1 aliphatic heterocycles. The maximum atomic E-state index is 4.63. The van der Waals surface area contributed by atoms with Gasteiger partial charge >= 0.3 is 0 Å². The van der Waals surface area contributed by atoms with Gasteiger partial charge in [-0.25, -0.2) is 0 Å². The van der Waals surface area contributed by atoms with Gasteiger partial charge in [0.15, 0.2) is 5.65 Å². The van der Waals surface area contributed by atoms with Gasteiger partial charge in [0.2, 0.25) is 5.95 Å². The molecule has 3 aromatic heterocycles. The summed E-state index contributed by atoms with van der Waals surface area (Å²) in [6.07, 6.45) is 4.15. The molecule has 0 bridgehead atoms. The quantitative estimate of drug-likeness (QED) is 0.449. The van der Waals surface area contributed by atoms with Gasteiger partial charge in [-0.3, -0.25) is 5.10 Å². The van der Waals surface area contributed by atoms with Gasteiger partial charge in [0.05, 0.1) is 11.7 Å². The Bertz CT molecular complexity index is 1060. The number of piperidine rings is 1. The van der Waals surface area contributed by atoms with E-state index in [0.717, 1.165) is 47.6 Å². The molecule has 0 radical (unpaired) electrons. The molecule has 4 heterocycles. The predicted molar refractivity (Wildman–Crippen MR) is 108 cm³/mol. The summed E-state index contributed by atoms with van der Waals surface area (Å²) in [5.41, 5.74) is 2.71. The zero-order chi connectivity index (χ0) is 17.3. The molecule has 0 saturated carbocycles. The number of H-pyrrole nitrogens is 1. The molecule has 138 valence electrons. The fourth-order valence-electron chi connectivity index (χ4n) is 3.40. The van der Waals surface area contributed by atoms with E-state index in [2.05, 4.69) is 36.2 Å². The first-order valence-electron chi connectivity index (χ1n) is 8.88.